The fourth-order valence-electron chi connectivity index (χ4n) is 2.64. The van der Waals surface area contributed by atoms with Crippen LogP contribution >= 0.6 is 0 Å². The van der Waals surface area contributed by atoms with Crippen LogP contribution in [0.25, 0.3) is 0 Å². The summed E-state index contributed by atoms with van der Waals surface area (Å²) in [6, 6.07) is 9.49. The number of carbonyl (C=O) groups is 1. The Kier molecular flexibility index (Phi) is 4.37. The second kappa shape index (κ2) is 6.07. The summed E-state index contributed by atoms with van der Waals surface area (Å²) < 4.78 is 0. The summed E-state index contributed by atoms with van der Waals surface area (Å²) in [5.41, 5.74) is 1.22. The first kappa shape index (κ1) is 15.9. The monoisotopic (exact) mass is 296 g/mol. The Morgan fingerprint density at radius 1 is 1.09 bits per heavy atom. The van der Waals surface area contributed by atoms with Gasteiger partial charge in [0.1, 0.15) is 12.1 Å². The molecule has 1 fully saturated rings. The molecule has 1 heterocycles. The van der Waals surface area contributed by atoms with Crippen molar-refractivity contribution >= 4 is 11.6 Å². The van der Waals surface area contributed by atoms with Crippen molar-refractivity contribution in [2.24, 2.45) is 5.41 Å². The number of carbonyl (C=O) groups excluding carboxylic acids is 1. The fraction of sp³-hybridized carbons (Fsp3) is 0.471. The summed E-state index contributed by atoms with van der Waals surface area (Å²) in [6.45, 7) is 8.38. The highest BCUT2D eigenvalue weighted by molar-refractivity contribution is 5.81. The molecule has 114 valence electrons. The Bertz CT molecular complexity index is 653. The maximum Gasteiger partial charge on any atom is 0.228 e. The van der Waals surface area contributed by atoms with Gasteiger partial charge in [-0.05, 0) is 12.1 Å². The highest BCUT2D eigenvalue weighted by Crippen LogP contribution is 2.25. The summed E-state index contributed by atoms with van der Waals surface area (Å²) in [5, 5.41) is 18.4. The predicted octanol–water partition coefficient (Wildman–Crippen LogP) is 2.12. The molecule has 0 saturated carbocycles. The Hall–Kier alpha value is -2.53. The van der Waals surface area contributed by atoms with Gasteiger partial charge in [-0.3, -0.25) is 4.79 Å². The van der Waals surface area contributed by atoms with Crippen LogP contribution < -0.4 is 4.90 Å². The van der Waals surface area contributed by atoms with Crippen LogP contribution in [-0.4, -0.2) is 37.0 Å². The van der Waals surface area contributed by atoms with E-state index in [1.165, 1.54) is 0 Å². The minimum absolute atomic E-state index is 0.151. The van der Waals surface area contributed by atoms with Gasteiger partial charge in [-0.1, -0.05) is 26.8 Å². The zero-order valence-corrected chi connectivity index (χ0v) is 13.3. The summed E-state index contributed by atoms with van der Waals surface area (Å²) in [4.78, 5) is 16.2. The number of hydrogen-bond donors (Lipinski definition) is 0. The topological polar surface area (TPSA) is 71.1 Å². The van der Waals surface area contributed by atoms with Crippen molar-refractivity contribution in [2.45, 2.75) is 20.8 Å². The Morgan fingerprint density at radius 2 is 1.73 bits per heavy atom. The van der Waals surface area contributed by atoms with Crippen LogP contribution in [0.15, 0.2) is 18.2 Å². The van der Waals surface area contributed by atoms with Crippen LogP contribution in [0, 0.1) is 28.1 Å². The van der Waals surface area contributed by atoms with Crippen molar-refractivity contribution in [1.82, 2.24) is 4.90 Å². The quantitative estimate of drug-likeness (QED) is 0.796. The van der Waals surface area contributed by atoms with Gasteiger partial charge in [0, 0.05) is 31.6 Å². The molecular formula is C17H20N4O. The zero-order chi connectivity index (χ0) is 16.3. The molecule has 5 heteroatoms. The molecular weight excluding hydrogens is 276 g/mol. The van der Waals surface area contributed by atoms with E-state index in [4.69, 9.17) is 5.26 Å². The van der Waals surface area contributed by atoms with Crippen LogP contribution in [0.1, 0.15) is 31.9 Å². The number of nitriles is 2. The van der Waals surface area contributed by atoms with Crippen molar-refractivity contribution < 1.29 is 4.79 Å². The van der Waals surface area contributed by atoms with Crippen molar-refractivity contribution in [1.29, 1.82) is 10.5 Å². The summed E-state index contributed by atoms with van der Waals surface area (Å²) in [5.74, 6) is 0.151. The number of anilines is 1. The second-order valence-electron chi connectivity index (χ2n) is 6.45. The maximum absolute atomic E-state index is 12.3. The van der Waals surface area contributed by atoms with E-state index in [-0.39, 0.29) is 11.3 Å². The minimum atomic E-state index is -0.374. The van der Waals surface area contributed by atoms with E-state index >= 15 is 0 Å². The van der Waals surface area contributed by atoms with Gasteiger partial charge in [0.25, 0.3) is 0 Å². The molecule has 1 aliphatic rings. The minimum Gasteiger partial charge on any atom is -0.367 e. The standard InChI is InChI=1S/C17H20N4O/c1-17(2,3)16(22)21-9-7-20(8-10-21)15-6-4-5-13(11-18)14(15)12-19/h4-6H,7-10H2,1-3H3. The second-order valence-corrected chi connectivity index (χ2v) is 6.45. The number of piperazine rings is 1. The molecule has 0 N–H and O–H groups in total. The Balaban J connectivity index is 2.15. The molecule has 22 heavy (non-hydrogen) atoms. The highest BCUT2D eigenvalue weighted by atomic mass is 16.2. The van der Waals surface area contributed by atoms with Gasteiger partial charge in [-0.25, -0.2) is 0 Å². The summed E-state index contributed by atoms with van der Waals surface area (Å²) in [7, 11) is 0. The molecule has 1 aromatic carbocycles. The molecule has 1 aromatic rings. The zero-order valence-electron chi connectivity index (χ0n) is 13.3. The van der Waals surface area contributed by atoms with Crippen molar-refractivity contribution in [3.63, 3.8) is 0 Å². The van der Waals surface area contributed by atoms with Crippen molar-refractivity contribution in [3.05, 3.63) is 29.3 Å². The Morgan fingerprint density at radius 3 is 2.23 bits per heavy atom. The van der Waals surface area contributed by atoms with Gasteiger partial charge in [-0.15, -0.1) is 0 Å². The van der Waals surface area contributed by atoms with E-state index in [1.807, 2.05) is 31.7 Å². The average molecular weight is 296 g/mol. The third kappa shape index (κ3) is 3.04. The van der Waals surface area contributed by atoms with Crippen LogP contribution in [0.3, 0.4) is 0 Å². The van der Waals surface area contributed by atoms with Gasteiger partial charge < -0.3 is 9.80 Å². The van der Waals surface area contributed by atoms with Crippen LogP contribution in [0.5, 0.6) is 0 Å². The number of amides is 1. The smallest absolute Gasteiger partial charge is 0.228 e. The first-order valence-corrected chi connectivity index (χ1v) is 7.36. The SMILES string of the molecule is CC(C)(C)C(=O)N1CCN(c2cccc(C#N)c2C#N)CC1. The normalized spacial score (nSPS) is 15.1. The van der Waals surface area contributed by atoms with Gasteiger partial charge in [0.05, 0.1) is 16.8 Å². The molecule has 0 spiro atoms. The number of benzene rings is 1. The van der Waals surface area contributed by atoms with Gasteiger partial charge >= 0.3 is 0 Å². The summed E-state index contributed by atoms with van der Waals surface area (Å²) in [6.07, 6.45) is 0. The fourth-order valence-corrected chi connectivity index (χ4v) is 2.64. The molecule has 5 nitrogen and oxygen atoms in total. The lowest BCUT2D eigenvalue weighted by molar-refractivity contribution is -0.139. The third-order valence-corrected chi connectivity index (χ3v) is 3.82. The van der Waals surface area contributed by atoms with Crippen molar-refractivity contribution in [2.75, 3.05) is 31.1 Å². The number of rotatable bonds is 1. The molecule has 1 saturated heterocycles. The van der Waals surface area contributed by atoms with Crippen molar-refractivity contribution in [3.8, 4) is 12.1 Å². The highest BCUT2D eigenvalue weighted by Gasteiger charge is 2.30. The molecule has 0 aromatic heterocycles. The van der Waals surface area contributed by atoms with E-state index in [1.54, 1.807) is 12.1 Å². The molecule has 1 amide bonds. The first-order valence-electron chi connectivity index (χ1n) is 7.36. The average Bonchev–Trinajstić information content (AvgIpc) is 2.52. The predicted molar refractivity (Wildman–Crippen MR) is 84.1 cm³/mol. The first-order chi connectivity index (χ1) is 10.4. The molecule has 2 rings (SSSR count). The Labute approximate surface area is 131 Å². The largest absolute Gasteiger partial charge is 0.367 e. The number of hydrogen-bond acceptors (Lipinski definition) is 4. The van der Waals surface area contributed by atoms with Gasteiger partial charge in [-0.2, -0.15) is 10.5 Å². The van der Waals surface area contributed by atoms with Crippen LogP contribution in [0.2, 0.25) is 0 Å². The molecule has 0 bridgehead atoms. The lowest BCUT2D eigenvalue weighted by atomic mass is 9.94. The molecule has 0 radical (unpaired) electrons. The molecule has 1 aliphatic heterocycles. The third-order valence-electron chi connectivity index (χ3n) is 3.82. The van der Waals surface area contributed by atoms with E-state index < -0.39 is 0 Å². The van der Waals surface area contributed by atoms with Gasteiger partial charge in [0.15, 0.2) is 0 Å². The lowest BCUT2D eigenvalue weighted by Crippen LogP contribution is -2.51. The lowest BCUT2D eigenvalue weighted by Gasteiger charge is -2.39. The van der Waals surface area contributed by atoms with Crippen LogP contribution in [-0.2, 0) is 4.79 Å². The maximum atomic E-state index is 12.3. The van der Waals surface area contributed by atoms with E-state index in [0.717, 1.165) is 5.69 Å². The van der Waals surface area contributed by atoms with Crippen LogP contribution in [0.4, 0.5) is 5.69 Å². The molecule has 0 aliphatic carbocycles. The molecule has 0 unspecified atom stereocenters. The number of nitrogens with zero attached hydrogens (tertiary/aromatic N) is 4. The van der Waals surface area contributed by atoms with E-state index in [0.29, 0.717) is 37.3 Å². The van der Waals surface area contributed by atoms with E-state index in [2.05, 4.69) is 17.0 Å². The molecule has 0 atom stereocenters. The van der Waals surface area contributed by atoms with Gasteiger partial charge in [0.2, 0.25) is 5.91 Å². The summed E-state index contributed by atoms with van der Waals surface area (Å²) >= 11 is 0. The van der Waals surface area contributed by atoms with E-state index in [9.17, 15) is 10.1 Å².